The van der Waals surface area contributed by atoms with Crippen LogP contribution in [0, 0.1) is 0 Å². The summed E-state index contributed by atoms with van der Waals surface area (Å²) < 4.78 is 5.94. The van der Waals surface area contributed by atoms with Gasteiger partial charge in [-0.3, -0.25) is 0 Å². The molecule has 0 unspecified atom stereocenters. The van der Waals surface area contributed by atoms with E-state index in [1.54, 1.807) is 0 Å². The number of pyridine rings is 1. The van der Waals surface area contributed by atoms with Crippen LogP contribution in [0.4, 0.5) is 0 Å². The summed E-state index contributed by atoms with van der Waals surface area (Å²) in [5.41, 5.74) is 3.71. The van der Waals surface area contributed by atoms with E-state index >= 15 is 0 Å². The maximum atomic E-state index is 5.94. The third-order valence-electron chi connectivity index (χ3n) is 3.46. The first kappa shape index (κ1) is 12.2. The number of ether oxygens (including phenoxy) is 1. The summed E-state index contributed by atoms with van der Waals surface area (Å²) in [6.45, 7) is 0.793. The second-order valence-corrected chi connectivity index (χ2v) is 4.85. The molecule has 19 heavy (non-hydrogen) atoms. The van der Waals surface area contributed by atoms with Crippen molar-refractivity contribution in [2.75, 3.05) is 7.05 Å². The van der Waals surface area contributed by atoms with Gasteiger partial charge in [-0.05, 0) is 37.9 Å². The summed E-state index contributed by atoms with van der Waals surface area (Å²) in [5.74, 6) is 1.58. The van der Waals surface area contributed by atoms with Crippen molar-refractivity contribution in [1.82, 2.24) is 10.3 Å². The predicted molar refractivity (Wildman–Crippen MR) is 75.5 cm³/mol. The van der Waals surface area contributed by atoms with E-state index in [9.17, 15) is 0 Å². The number of aryl methyl sites for hydroxylation is 2. The van der Waals surface area contributed by atoms with Gasteiger partial charge in [0.05, 0.1) is 0 Å². The van der Waals surface area contributed by atoms with Crippen molar-refractivity contribution in [2.45, 2.75) is 25.8 Å². The molecule has 0 saturated carbocycles. The lowest BCUT2D eigenvalue weighted by Gasteiger charge is -2.11. The van der Waals surface area contributed by atoms with Gasteiger partial charge in [-0.25, -0.2) is 4.98 Å². The average molecular weight is 254 g/mol. The van der Waals surface area contributed by atoms with Gasteiger partial charge in [0.1, 0.15) is 5.75 Å². The molecule has 0 atom stereocenters. The lowest BCUT2D eigenvalue weighted by Crippen LogP contribution is -2.06. The molecule has 1 heterocycles. The van der Waals surface area contributed by atoms with E-state index in [4.69, 9.17) is 4.74 Å². The third kappa shape index (κ3) is 2.61. The molecule has 1 aliphatic rings. The Labute approximate surface area is 113 Å². The number of benzene rings is 1. The van der Waals surface area contributed by atoms with Crippen LogP contribution < -0.4 is 10.1 Å². The van der Waals surface area contributed by atoms with Crippen LogP contribution in [-0.2, 0) is 19.4 Å². The molecule has 1 N–H and O–H groups in total. The molecule has 3 heteroatoms. The fourth-order valence-corrected chi connectivity index (χ4v) is 2.51. The minimum absolute atomic E-state index is 0.698. The Kier molecular flexibility index (Phi) is 3.47. The lowest BCUT2D eigenvalue weighted by atomic mass is 10.2. The smallest absolute Gasteiger partial charge is 0.219 e. The Hall–Kier alpha value is -1.87. The third-order valence-corrected chi connectivity index (χ3v) is 3.46. The first-order chi connectivity index (χ1) is 9.36. The fraction of sp³-hybridized carbons (Fsp3) is 0.312. The maximum Gasteiger partial charge on any atom is 0.219 e. The van der Waals surface area contributed by atoms with E-state index in [0.717, 1.165) is 30.7 Å². The summed E-state index contributed by atoms with van der Waals surface area (Å²) in [5, 5.41) is 3.15. The van der Waals surface area contributed by atoms with Crippen molar-refractivity contribution in [3.8, 4) is 11.6 Å². The normalized spacial score (nSPS) is 13.3. The van der Waals surface area contributed by atoms with Crippen molar-refractivity contribution in [2.24, 2.45) is 0 Å². The van der Waals surface area contributed by atoms with Crippen LogP contribution in [0.5, 0.6) is 11.6 Å². The zero-order chi connectivity index (χ0) is 13.1. The summed E-state index contributed by atoms with van der Waals surface area (Å²) in [6, 6.07) is 12.2. The van der Waals surface area contributed by atoms with Gasteiger partial charge >= 0.3 is 0 Å². The van der Waals surface area contributed by atoms with Crippen LogP contribution in [0.15, 0.2) is 36.4 Å². The van der Waals surface area contributed by atoms with Gasteiger partial charge in [-0.15, -0.1) is 0 Å². The Bertz CT molecular complexity index is 581. The first-order valence-electron chi connectivity index (χ1n) is 6.76. The molecule has 3 rings (SSSR count). The highest BCUT2D eigenvalue weighted by molar-refractivity contribution is 5.37. The van der Waals surface area contributed by atoms with Gasteiger partial charge in [-0.1, -0.05) is 24.3 Å². The second kappa shape index (κ2) is 5.41. The molecule has 0 aliphatic heterocycles. The minimum Gasteiger partial charge on any atom is -0.439 e. The fourth-order valence-electron chi connectivity index (χ4n) is 2.51. The number of para-hydroxylation sites is 1. The van der Waals surface area contributed by atoms with Crippen LogP contribution in [0.25, 0.3) is 0 Å². The summed E-state index contributed by atoms with van der Waals surface area (Å²) in [6.07, 6.45) is 3.44. The number of hydrogen-bond acceptors (Lipinski definition) is 3. The van der Waals surface area contributed by atoms with Crippen molar-refractivity contribution in [3.05, 3.63) is 53.2 Å². The Morgan fingerprint density at radius 3 is 2.95 bits per heavy atom. The monoisotopic (exact) mass is 254 g/mol. The standard InChI is InChI=1S/C16H18N2O/c1-17-11-13-5-2-3-8-15(13)19-16-10-9-12-6-4-7-14(12)18-16/h2-3,5,8-10,17H,4,6-7,11H2,1H3. The zero-order valence-corrected chi connectivity index (χ0v) is 11.1. The van der Waals surface area contributed by atoms with Gasteiger partial charge < -0.3 is 10.1 Å². The number of rotatable bonds is 4. The Morgan fingerprint density at radius 1 is 1.16 bits per heavy atom. The van der Waals surface area contributed by atoms with Crippen molar-refractivity contribution in [1.29, 1.82) is 0 Å². The quantitative estimate of drug-likeness (QED) is 0.910. The average Bonchev–Trinajstić information content (AvgIpc) is 2.89. The van der Waals surface area contributed by atoms with E-state index < -0.39 is 0 Å². The molecule has 98 valence electrons. The largest absolute Gasteiger partial charge is 0.439 e. The highest BCUT2D eigenvalue weighted by Gasteiger charge is 2.13. The molecule has 0 saturated heterocycles. The zero-order valence-electron chi connectivity index (χ0n) is 11.1. The molecule has 1 aromatic heterocycles. The lowest BCUT2D eigenvalue weighted by molar-refractivity contribution is 0.453. The van der Waals surface area contributed by atoms with Crippen molar-refractivity contribution in [3.63, 3.8) is 0 Å². The van der Waals surface area contributed by atoms with E-state index in [0.29, 0.717) is 5.88 Å². The molecule has 0 amide bonds. The summed E-state index contributed by atoms with van der Waals surface area (Å²) in [7, 11) is 1.93. The SMILES string of the molecule is CNCc1ccccc1Oc1ccc2c(n1)CCC2. The second-order valence-electron chi connectivity index (χ2n) is 4.85. The summed E-state index contributed by atoms with van der Waals surface area (Å²) in [4.78, 5) is 4.61. The predicted octanol–water partition coefficient (Wildman–Crippen LogP) is 3.08. The van der Waals surface area contributed by atoms with Crippen LogP contribution in [0.2, 0.25) is 0 Å². The van der Waals surface area contributed by atoms with Crippen molar-refractivity contribution < 1.29 is 4.74 Å². The highest BCUT2D eigenvalue weighted by atomic mass is 16.5. The number of aromatic nitrogens is 1. The molecule has 1 aliphatic carbocycles. The number of nitrogens with zero attached hydrogens (tertiary/aromatic N) is 1. The van der Waals surface area contributed by atoms with E-state index in [-0.39, 0.29) is 0 Å². The topological polar surface area (TPSA) is 34.1 Å². The molecule has 0 radical (unpaired) electrons. The molecular formula is C16H18N2O. The molecule has 1 aromatic carbocycles. The van der Waals surface area contributed by atoms with Gasteiger partial charge in [-0.2, -0.15) is 0 Å². The highest BCUT2D eigenvalue weighted by Crippen LogP contribution is 2.27. The van der Waals surface area contributed by atoms with E-state index in [1.165, 1.54) is 17.7 Å². The number of fused-ring (bicyclic) bond motifs is 1. The number of nitrogens with one attached hydrogen (secondary N) is 1. The first-order valence-corrected chi connectivity index (χ1v) is 6.76. The van der Waals surface area contributed by atoms with E-state index in [2.05, 4.69) is 22.4 Å². The van der Waals surface area contributed by atoms with Gasteiger partial charge in [0.2, 0.25) is 5.88 Å². The number of hydrogen-bond donors (Lipinski definition) is 1. The molecular weight excluding hydrogens is 236 g/mol. The molecule has 2 aromatic rings. The van der Waals surface area contributed by atoms with Gasteiger partial charge in [0.25, 0.3) is 0 Å². The minimum atomic E-state index is 0.698. The Balaban J connectivity index is 1.85. The van der Waals surface area contributed by atoms with Crippen molar-refractivity contribution >= 4 is 0 Å². The van der Waals surface area contributed by atoms with E-state index in [1.807, 2.05) is 31.3 Å². The molecule has 3 nitrogen and oxygen atoms in total. The maximum absolute atomic E-state index is 5.94. The van der Waals surface area contributed by atoms with Gasteiger partial charge in [0, 0.05) is 23.9 Å². The summed E-state index contributed by atoms with van der Waals surface area (Å²) >= 11 is 0. The Morgan fingerprint density at radius 2 is 2.05 bits per heavy atom. The molecule has 0 fully saturated rings. The van der Waals surface area contributed by atoms with Gasteiger partial charge in [0.15, 0.2) is 0 Å². The molecule has 0 spiro atoms. The van der Waals surface area contributed by atoms with Crippen LogP contribution >= 0.6 is 0 Å². The van der Waals surface area contributed by atoms with Crippen LogP contribution in [-0.4, -0.2) is 12.0 Å². The van der Waals surface area contributed by atoms with Crippen LogP contribution in [0.3, 0.4) is 0 Å². The molecule has 0 bridgehead atoms. The van der Waals surface area contributed by atoms with Crippen LogP contribution in [0.1, 0.15) is 23.2 Å².